The number of hydrogen-bond donors (Lipinski definition) is 1. The zero-order valence-corrected chi connectivity index (χ0v) is 14.8. The quantitative estimate of drug-likeness (QED) is 0.702. The number of amides is 1. The first kappa shape index (κ1) is 17.0. The zero-order chi connectivity index (χ0) is 17.6. The summed E-state index contributed by atoms with van der Waals surface area (Å²) in [5.74, 6) is 1.82. The number of carbonyl (C=O) groups excluding carboxylic acids is 1. The smallest absolute Gasteiger partial charge is 0.225 e. The van der Waals surface area contributed by atoms with Gasteiger partial charge in [0.25, 0.3) is 0 Å². The largest absolute Gasteiger partial charge is 0.493 e. The first-order valence-electron chi connectivity index (χ1n) is 7.66. The summed E-state index contributed by atoms with van der Waals surface area (Å²) in [5.41, 5.74) is 1.48. The zero-order valence-electron chi connectivity index (χ0n) is 13.9. The van der Waals surface area contributed by atoms with E-state index in [2.05, 4.69) is 10.5 Å². The van der Waals surface area contributed by atoms with Gasteiger partial charge >= 0.3 is 0 Å². The average molecular weight is 358 g/mol. The van der Waals surface area contributed by atoms with Crippen molar-refractivity contribution in [3.63, 3.8) is 0 Å². The molecule has 0 atom stereocenters. The van der Waals surface area contributed by atoms with Gasteiger partial charge in [-0.25, -0.2) is 0 Å². The Balaban J connectivity index is 1.63. The lowest BCUT2D eigenvalue weighted by atomic mass is 10.1. The SMILES string of the molecule is COc1ccc(-c2cc(CNC(=O)Cc3cccs3)no2)cc1OC. The van der Waals surface area contributed by atoms with E-state index in [-0.39, 0.29) is 5.91 Å². The van der Waals surface area contributed by atoms with Crippen LogP contribution in [0.5, 0.6) is 11.5 Å². The van der Waals surface area contributed by atoms with Crippen LogP contribution < -0.4 is 14.8 Å². The van der Waals surface area contributed by atoms with Crippen LogP contribution in [0.15, 0.2) is 46.3 Å². The second-order valence-corrected chi connectivity index (χ2v) is 6.32. The molecule has 0 spiro atoms. The fraction of sp³-hybridized carbons (Fsp3) is 0.222. The van der Waals surface area contributed by atoms with Crippen molar-refractivity contribution in [3.05, 3.63) is 52.3 Å². The molecule has 0 fully saturated rings. The van der Waals surface area contributed by atoms with Crippen LogP contribution in [0.1, 0.15) is 10.6 Å². The molecule has 3 rings (SSSR count). The second kappa shape index (κ2) is 7.85. The van der Waals surface area contributed by atoms with Gasteiger partial charge in [0.2, 0.25) is 5.91 Å². The molecular weight excluding hydrogens is 340 g/mol. The Bertz CT molecular complexity index is 843. The number of carbonyl (C=O) groups is 1. The summed E-state index contributed by atoms with van der Waals surface area (Å²) in [6.07, 6.45) is 0.373. The number of hydrogen-bond acceptors (Lipinski definition) is 6. The number of benzene rings is 1. The van der Waals surface area contributed by atoms with Gasteiger partial charge in [0.15, 0.2) is 17.3 Å². The van der Waals surface area contributed by atoms with Crippen molar-refractivity contribution in [1.82, 2.24) is 10.5 Å². The van der Waals surface area contributed by atoms with E-state index in [1.165, 1.54) is 0 Å². The van der Waals surface area contributed by atoms with E-state index in [4.69, 9.17) is 14.0 Å². The lowest BCUT2D eigenvalue weighted by molar-refractivity contribution is -0.120. The molecule has 0 aliphatic carbocycles. The predicted molar refractivity (Wildman–Crippen MR) is 94.9 cm³/mol. The number of nitrogens with one attached hydrogen (secondary N) is 1. The van der Waals surface area contributed by atoms with Crippen LogP contribution >= 0.6 is 11.3 Å². The highest BCUT2D eigenvalue weighted by molar-refractivity contribution is 7.10. The molecule has 0 unspecified atom stereocenters. The lowest BCUT2D eigenvalue weighted by Crippen LogP contribution is -2.24. The summed E-state index contributed by atoms with van der Waals surface area (Å²) in [7, 11) is 3.17. The van der Waals surface area contributed by atoms with E-state index in [0.29, 0.717) is 35.9 Å². The maximum atomic E-state index is 11.9. The van der Waals surface area contributed by atoms with E-state index >= 15 is 0 Å². The Labute approximate surface area is 149 Å². The van der Waals surface area contributed by atoms with Crippen LogP contribution in [0.25, 0.3) is 11.3 Å². The summed E-state index contributed by atoms with van der Waals surface area (Å²) in [6, 6.07) is 11.2. The maximum Gasteiger partial charge on any atom is 0.225 e. The molecule has 0 aliphatic heterocycles. The topological polar surface area (TPSA) is 73.6 Å². The fourth-order valence-corrected chi connectivity index (χ4v) is 3.05. The predicted octanol–water partition coefficient (Wildman–Crippen LogP) is 3.28. The van der Waals surface area contributed by atoms with Gasteiger partial charge in [-0.1, -0.05) is 11.2 Å². The molecule has 0 saturated heterocycles. The molecule has 130 valence electrons. The number of aromatic nitrogens is 1. The molecule has 2 heterocycles. The minimum atomic E-state index is -0.0434. The third-order valence-corrected chi connectivity index (χ3v) is 4.48. The first-order valence-corrected chi connectivity index (χ1v) is 8.54. The molecule has 3 aromatic rings. The van der Waals surface area contributed by atoms with Gasteiger partial charge in [0.05, 0.1) is 27.2 Å². The molecule has 0 aliphatic rings. The highest BCUT2D eigenvalue weighted by Gasteiger charge is 2.12. The summed E-state index contributed by atoms with van der Waals surface area (Å²) in [6.45, 7) is 0.320. The number of ether oxygens (including phenoxy) is 2. The Hall–Kier alpha value is -2.80. The molecular formula is C18H18N2O4S. The molecule has 0 saturated carbocycles. The number of thiophene rings is 1. The molecule has 0 radical (unpaired) electrons. The number of nitrogens with zero attached hydrogens (tertiary/aromatic N) is 1. The van der Waals surface area contributed by atoms with Crippen LogP contribution in [0.4, 0.5) is 0 Å². The Kier molecular flexibility index (Phi) is 5.35. The average Bonchev–Trinajstić information content (AvgIpc) is 3.31. The van der Waals surface area contributed by atoms with Crippen molar-refractivity contribution < 1.29 is 18.8 Å². The standard InChI is InChI=1S/C18H18N2O4S/c1-22-15-6-5-12(8-17(15)23-2)16-9-13(20-24-16)11-19-18(21)10-14-4-3-7-25-14/h3-9H,10-11H2,1-2H3,(H,19,21). The lowest BCUT2D eigenvalue weighted by Gasteiger charge is -2.07. The maximum absolute atomic E-state index is 11.9. The van der Waals surface area contributed by atoms with E-state index < -0.39 is 0 Å². The van der Waals surface area contributed by atoms with E-state index in [1.807, 2.05) is 29.6 Å². The summed E-state index contributed by atoms with van der Waals surface area (Å²) >= 11 is 1.56. The van der Waals surface area contributed by atoms with Gasteiger partial charge < -0.3 is 19.3 Å². The van der Waals surface area contributed by atoms with Crippen molar-refractivity contribution in [3.8, 4) is 22.8 Å². The highest BCUT2D eigenvalue weighted by atomic mass is 32.1. The Morgan fingerprint density at radius 1 is 1.20 bits per heavy atom. The van der Waals surface area contributed by atoms with Gasteiger partial charge in [0, 0.05) is 16.5 Å². The number of methoxy groups -OCH3 is 2. The Morgan fingerprint density at radius 3 is 2.76 bits per heavy atom. The van der Waals surface area contributed by atoms with Gasteiger partial charge in [-0.05, 0) is 29.6 Å². The third kappa shape index (κ3) is 4.19. The first-order chi connectivity index (χ1) is 12.2. The van der Waals surface area contributed by atoms with Crippen LogP contribution in [-0.4, -0.2) is 25.3 Å². The van der Waals surface area contributed by atoms with E-state index in [9.17, 15) is 4.79 Å². The Morgan fingerprint density at radius 2 is 2.04 bits per heavy atom. The van der Waals surface area contributed by atoms with Crippen molar-refractivity contribution in [1.29, 1.82) is 0 Å². The summed E-state index contributed by atoms with van der Waals surface area (Å²) in [4.78, 5) is 13.0. The minimum Gasteiger partial charge on any atom is -0.493 e. The van der Waals surface area contributed by atoms with Crippen molar-refractivity contribution in [2.75, 3.05) is 14.2 Å². The summed E-state index contributed by atoms with van der Waals surface area (Å²) < 4.78 is 15.9. The molecule has 7 heteroatoms. The van der Waals surface area contributed by atoms with Gasteiger partial charge in [-0.2, -0.15) is 0 Å². The van der Waals surface area contributed by atoms with Crippen molar-refractivity contribution in [2.45, 2.75) is 13.0 Å². The van der Waals surface area contributed by atoms with Crippen LogP contribution in [0, 0.1) is 0 Å². The van der Waals surface area contributed by atoms with Gasteiger partial charge in [0.1, 0.15) is 5.69 Å². The monoisotopic (exact) mass is 358 g/mol. The fourth-order valence-electron chi connectivity index (χ4n) is 2.34. The van der Waals surface area contributed by atoms with Crippen LogP contribution in [0.3, 0.4) is 0 Å². The molecule has 25 heavy (non-hydrogen) atoms. The molecule has 2 aromatic heterocycles. The molecule has 6 nitrogen and oxygen atoms in total. The normalized spacial score (nSPS) is 10.5. The second-order valence-electron chi connectivity index (χ2n) is 5.29. The van der Waals surface area contributed by atoms with Crippen molar-refractivity contribution >= 4 is 17.2 Å². The van der Waals surface area contributed by atoms with E-state index in [1.54, 1.807) is 37.7 Å². The summed E-state index contributed by atoms with van der Waals surface area (Å²) in [5, 5.41) is 8.80. The number of rotatable bonds is 7. The van der Waals surface area contributed by atoms with Crippen LogP contribution in [-0.2, 0) is 17.8 Å². The molecule has 1 amide bonds. The van der Waals surface area contributed by atoms with Crippen molar-refractivity contribution in [2.24, 2.45) is 0 Å². The van der Waals surface area contributed by atoms with Gasteiger partial charge in [-0.15, -0.1) is 11.3 Å². The highest BCUT2D eigenvalue weighted by Crippen LogP contribution is 2.32. The molecule has 1 N–H and O–H groups in total. The van der Waals surface area contributed by atoms with E-state index in [0.717, 1.165) is 10.4 Å². The molecule has 0 bridgehead atoms. The molecule has 1 aromatic carbocycles. The van der Waals surface area contributed by atoms with Gasteiger partial charge in [-0.3, -0.25) is 4.79 Å². The minimum absolute atomic E-state index is 0.0434. The van der Waals surface area contributed by atoms with Crippen LogP contribution in [0.2, 0.25) is 0 Å². The third-order valence-electron chi connectivity index (χ3n) is 3.61.